The van der Waals surface area contributed by atoms with Gasteiger partial charge in [-0.25, -0.2) is 20.5 Å². The summed E-state index contributed by atoms with van der Waals surface area (Å²) in [7, 11) is 0. The van der Waals surface area contributed by atoms with Crippen LogP contribution in [0.5, 0.6) is 0 Å². The molecule has 2 aromatic rings. The van der Waals surface area contributed by atoms with Crippen molar-refractivity contribution in [1.82, 2.24) is 19.7 Å². The van der Waals surface area contributed by atoms with E-state index >= 15 is 0 Å². The summed E-state index contributed by atoms with van der Waals surface area (Å²) in [6.07, 6.45) is 1.39. The summed E-state index contributed by atoms with van der Waals surface area (Å²) < 4.78 is 1.66. The van der Waals surface area contributed by atoms with Crippen LogP contribution in [0.1, 0.15) is 11.4 Å². The van der Waals surface area contributed by atoms with Crippen molar-refractivity contribution < 1.29 is 0 Å². The van der Waals surface area contributed by atoms with Gasteiger partial charge in [0.1, 0.15) is 12.0 Å². The Kier molecular flexibility index (Phi) is 2.45. The zero-order valence-corrected chi connectivity index (χ0v) is 9.10. The Labute approximate surface area is 92.5 Å². The molecule has 0 bridgehead atoms. The van der Waals surface area contributed by atoms with Gasteiger partial charge in [0.25, 0.3) is 0 Å². The molecule has 2 heterocycles. The van der Waals surface area contributed by atoms with E-state index in [-0.39, 0.29) is 0 Å². The molecule has 16 heavy (non-hydrogen) atoms. The molecule has 0 amide bonds. The maximum Gasteiger partial charge on any atom is 0.182 e. The molecule has 2 aromatic heterocycles. The van der Waals surface area contributed by atoms with Crippen molar-refractivity contribution in [2.75, 3.05) is 11.2 Å². The molecular formula is C9H13N7. The van der Waals surface area contributed by atoms with Gasteiger partial charge >= 0.3 is 0 Å². The standard InChI is InChI=1S/C9H13N7/c1-5-3-6(2)16(15-5)9-7(10)8(14-11)12-4-13-9/h3-4H,10-11H2,1-2H3,(H,12,13,14). The van der Waals surface area contributed by atoms with Gasteiger partial charge in [-0.3, -0.25) is 0 Å². The van der Waals surface area contributed by atoms with E-state index in [1.165, 1.54) is 6.33 Å². The van der Waals surface area contributed by atoms with Gasteiger partial charge in [-0.15, -0.1) is 0 Å². The van der Waals surface area contributed by atoms with E-state index < -0.39 is 0 Å². The molecule has 5 N–H and O–H groups in total. The van der Waals surface area contributed by atoms with Crippen LogP contribution in [-0.4, -0.2) is 19.7 Å². The van der Waals surface area contributed by atoms with Crippen molar-refractivity contribution in [3.8, 4) is 5.82 Å². The lowest BCUT2D eigenvalue weighted by molar-refractivity contribution is 0.804. The lowest BCUT2D eigenvalue weighted by atomic mass is 10.4. The first-order chi connectivity index (χ1) is 7.63. The zero-order chi connectivity index (χ0) is 11.7. The Morgan fingerprint density at radius 1 is 1.31 bits per heavy atom. The average molecular weight is 219 g/mol. The Morgan fingerprint density at radius 2 is 2.06 bits per heavy atom. The van der Waals surface area contributed by atoms with Crippen LogP contribution in [0.4, 0.5) is 11.5 Å². The van der Waals surface area contributed by atoms with Crippen LogP contribution in [0.3, 0.4) is 0 Å². The normalized spacial score (nSPS) is 10.4. The summed E-state index contributed by atoms with van der Waals surface area (Å²) in [5, 5.41) is 4.29. The van der Waals surface area contributed by atoms with Gasteiger partial charge in [0.05, 0.1) is 5.69 Å². The number of aromatic nitrogens is 4. The van der Waals surface area contributed by atoms with Gasteiger partial charge < -0.3 is 11.2 Å². The van der Waals surface area contributed by atoms with E-state index in [9.17, 15) is 0 Å². The van der Waals surface area contributed by atoms with E-state index in [4.69, 9.17) is 11.6 Å². The molecule has 0 saturated carbocycles. The summed E-state index contributed by atoms with van der Waals surface area (Å²) in [6, 6.07) is 1.94. The first-order valence-corrected chi connectivity index (χ1v) is 4.74. The topological polar surface area (TPSA) is 108 Å². The minimum absolute atomic E-state index is 0.371. The van der Waals surface area contributed by atoms with E-state index in [0.29, 0.717) is 17.3 Å². The molecule has 7 heteroatoms. The van der Waals surface area contributed by atoms with E-state index in [1.54, 1.807) is 4.68 Å². The predicted molar refractivity (Wildman–Crippen MR) is 60.9 cm³/mol. The smallest absolute Gasteiger partial charge is 0.182 e. The monoisotopic (exact) mass is 219 g/mol. The molecule has 0 spiro atoms. The molecule has 0 radical (unpaired) electrons. The maximum absolute atomic E-state index is 5.88. The quantitative estimate of drug-likeness (QED) is 0.490. The number of rotatable bonds is 2. The lowest BCUT2D eigenvalue weighted by Gasteiger charge is -2.09. The summed E-state index contributed by atoms with van der Waals surface area (Å²) in [5.74, 6) is 6.20. The summed E-state index contributed by atoms with van der Waals surface area (Å²) >= 11 is 0. The maximum atomic E-state index is 5.88. The Morgan fingerprint density at radius 3 is 2.62 bits per heavy atom. The first-order valence-electron chi connectivity index (χ1n) is 4.74. The molecule has 84 valence electrons. The lowest BCUT2D eigenvalue weighted by Crippen LogP contribution is -2.14. The Balaban J connectivity index is 2.60. The number of hydrogen-bond acceptors (Lipinski definition) is 6. The highest BCUT2D eigenvalue weighted by Gasteiger charge is 2.11. The first kappa shape index (κ1) is 10.4. The van der Waals surface area contributed by atoms with Gasteiger partial charge in [-0.1, -0.05) is 0 Å². The second-order valence-electron chi connectivity index (χ2n) is 3.44. The molecule has 0 aliphatic rings. The average Bonchev–Trinajstić information content (AvgIpc) is 2.58. The molecule has 0 aliphatic heterocycles. The minimum atomic E-state index is 0.371. The Bertz CT molecular complexity index is 517. The van der Waals surface area contributed by atoms with E-state index in [0.717, 1.165) is 11.4 Å². The third-order valence-electron chi connectivity index (χ3n) is 2.21. The number of hydrazine groups is 1. The highest BCUT2D eigenvalue weighted by Crippen LogP contribution is 2.21. The van der Waals surface area contributed by atoms with Gasteiger partial charge in [-0.2, -0.15) is 5.10 Å². The van der Waals surface area contributed by atoms with Gasteiger partial charge in [0.2, 0.25) is 0 Å². The van der Waals surface area contributed by atoms with Gasteiger partial charge in [-0.05, 0) is 19.9 Å². The Hall–Kier alpha value is -2.15. The molecule has 0 aliphatic carbocycles. The van der Waals surface area contributed by atoms with Crippen molar-refractivity contribution in [3.05, 3.63) is 23.8 Å². The van der Waals surface area contributed by atoms with Crippen LogP contribution in [-0.2, 0) is 0 Å². The number of anilines is 2. The molecule has 2 rings (SSSR count). The molecule has 0 unspecified atom stereocenters. The van der Waals surface area contributed by atoms with Crippen LogP contribution < -0.4 is 17.0 Å². The minimum Gasteiger partial charge on any atom is -0.393 e. The molecule has 0 atom stereocenters. The fraction of sp³-hybridized carbons (Fsp3) is 0.222. The summed E-state index contributed by atoms with van der Waals surface area (Å²) in [6.45, 7) is 3.83. The number of hydrogen-bond donors (Lipinski definition) is 3. The molecule has 7 nitrogen and oxygen atoms in total. The number of nitrogen functional groups attached to an aromatic ring is 2. The van der Waals surface area contributed by atoms with Crippen molar-refractivity contribution in [2.24, 2.45) is 5.84 Å². The van der Waals surface area contributed by atoms with Crippen LogP contribution in [0.25, 0.3) is 5.82 Å². The van der Waals surface area contributed by atoms with Crippen molar-refractivity contribution >= 4 is 11.5 Å². The van der Waals surface area contributed by atoms with Crippen LogP contribution in [0.15, 0.2) is 12.4 Å². The SMILES string of the molecule is Cc1cc(C)n(-c2ncnc(NN)c2N)n1. The highest BCUT2D eigenvalue weighted by molar-refractivity contribution is 5.68. The third-order valence-corrected chi connectivity index (χ3v) is 2.21. The van der Waals surface area contributed by atoms with Crippen LogP contribution >= 0.6 is 0 Å². The number of nitrogens with two attached hydrogens (primary N) is 2. The fourth-order valence-corrected chi connectivity index (χ4v) is 1.51. The van der Waals surface area contributed by atoms with E-state index in [2.05, 4.69) is 20.5 Å². The molecule has 0 saturated heterocycles. The summed E-state index contributed by atoms with van der Waals surface area (Å²) in [5.41, 5.74) is 10.5. The van der Waals surface area contributed by atoms with Crippen molar-refractivity contribution in [1.29, 1.82) is 0 Å². The van der Waals surface area contributed by atoms with Gasteiger partial charge in [0, 0.05) is 5.69 Å². The fourth-order valence-electron chi connectivity index (χ4n) is 1.51. The number of aryl methyl sites for hydroxylation is 2. The highest BCUT2D eigenvalue weighted by atomic mass is 15.3. The van der Waals surface area contributed by atoms with Crippen LogP contribution in [0.2, 0.25) is 0 Å². The molecular weight excluding hydrogens is 206 g/mol. The zero-order valence-electron chi connectivity index (χ0n) is 9.10. The third kappa shape index (κ3) is 1.57. The molecule has 0 fully saturated rings. The van der Waals surface area contributed by atoms with Crippen LogP contribution in [0, 0.1) is 13.8 Å². The predicted octanol–water partition coefficient (Wildman–Crippen LogP) is 0.147. The largest absolute Gasteiger partial charge is 0.393 e. The van der Waals surface area contributed by atoms with Crippen molar-refractivity contribution in [2.45, 2.75) is 13.8 Å². The van der Waals surface area contributed by atoms with Crippen molar-refractivity contribution in [3.63, 3.8) is 0 Å². The van der Waals surface area contributed by atoms with Gasteiger partial charge in [0.15, 0.2) is 11.6 Å². The second-order valence-corrected chi connectivity index (χ2v) is 3.44. The number of nitrogens with zero attached hydrogens (tertiary/aromatic N) is 4. The second kappa shape index (κ2) is 3.78. The van der Waals surface area contributed by atoms with E-state index in [1.807, 2.05) is 19.9 Å². The summed E-state index contributed by atoms with van der Waals surface area (Å²) in [4.78, 5) is 8.01. The molecule has 0 aromatic carbocycles. The number of nitrogens with one attached hydrogen (secondary N) is 1.